The Hall–Kier alpha value is -2.81. The fourth-order valence-corrected chi connectivity index (χ4v) is 4.79. The Balaban J connectivity index is 1.32. The smallest absolute Gasteiger partial charge is 0.257 e. The third kappa shape index (κ3) is 3.08. The molecule has 1 amide bonds. The van der Waals surface area contributed by atoms with Crippen LogP contribution in [0.1, 0.15) is 37.3 Å². The van der Waals surface area contributed by atoms with E-state index < -0.39 is 17.2 Å². The van der Waals surface area contributed by atoms with Gasteiger partial charge in [-0.25, -0.2) is 18.7 Å². The maximum Gasteiger partial charge on any atom is 0.257 e. The van der Waals surface area contributed by atoms with Crippen molar-refractivity contribution in [2.75, 3.05) is 25.1 Å². The van der Waals surface area contributed by atoms with Crippen LogP contribution in [0, 0.1) is 11.6 Å². The molecule has 4 heterocycles. The number of fused-ring (bicyclic) bond motifs is 1. The van der Waals surface area contributed by atoms with Crippen LogP contribution in [0.15, 0.2) is 30.6 Å². The Morgan fingerprint density at radius 1 is 1.10 bits per heavy atom. The van der Waals surface area contributed by atoms with Gasteiger partial charge in [0, 0.05) is 32.0 Å². The summed E-state index contributed by atoms with van der Waals surface area (Å²) in [5, 5.41) is 0. The lowest BCUT2D eigenvalue weighted by Gasteiger charge is -2.37. The summed E-state index contributed by atoms with van der Waals surface area (Å²) in [6.07, 6.45) is 5.18. The van der Waals surface area contributed by atoms with Crippen LogP contribution in [0.2, 0.25) is 0 Å². The van der Waals surface area contributed by atoms with E-state index in [4.69, 9.17) is 9.47 Å². The topological polar surface area (TPSA) is 67.8 Å². The number of nitrogens with zero attached hydrogens (tertiary/aromatic N) is 4. The van der Waals surface area contributed by atoms with E-state index in [9.17, 15) is 13.6 Å². The summed E-state index contributed by atoms with van der Waals surface area (Å²) >= 11 is 0. The fourth-order valence-electron chi connectivity index (χ4n) is 4.79. The highest BCUT2D eigenvalue weighted by Crippen LogP contribution is 2.47. The molecule has 3 aliphatic heterocycles. The van der Waals surface area contributed by atoms with E-state index >= 15 is 0 Å². The minimum Gasteiger partial charge on any atom is -0.494 e. The highest BCUT2D eigenvalue weighted by molar-refractivity contribution is 5.88. The van der Waals surface area contributed by atoms with E-state index in [1.165, 1.54) is 12.1 Å². The number of piperidine rings is 1. The summed E-state index contributed by atoms with van der Waals surface area (Å²) in [7, 11) is 1.56. The van der Waals surface area contributed by atoms with Gasteiger partial charge in [-0.05, 0) is 30.5 Å². The summed E-state index contributed by atoms with van der Waals surface area (Å²) in [6.45, 7) is 1.16. The fraction of sp³-hybridized carbons (Fsp3) is 0.476. The van der Waals surface area contributed by atoms with Crippen LogP contribution in [0.3, 0.4) is 0 Å². The Labute approximate surface area is 172 Å². The van der Waals surface area contributed by atoms with E-state index in [1.807, 2.05) is 4.90 Å². The molecule has 0 unspecified atom stereocenters. The highest BCUT2D eigenvalue weighted by atomic mass is 19.1. The molecular weight excluding hydrogens is 394 g/mol. The van der Waals surface area contributed by atoms with Crippen LogP contribution in [-0.4, -0.2) is 52.8 Å². The zero-order valence-corrected chi connectivity index (χ0v) is 16.6. The van der Waals surface area contributed by atoms with Crippen LogP contribution in [0.25, 0.3) is 0 Å². The molecule has 5 rings (SSSR count). The number of ether oxygens (including phenoxy) is 2. The van der Waals surface area contributed by atoms with Crippen LogP contribution >= 0.6 is 0 Å². The summed E-state index contributed by atoms with van der Waals surface area (Å²) in [6, 6.07) is 3.09. The monoisotopic (exact) mass is 416 g/mol. The molecule has 0 bridgehead atoms. The van der Waals surface area contributed by atoms with Gasteiger partial charge in [-0.3, -0.25) is 4.79 Å². The van der Waals surface area contributed by atoms with Crippen molar-refractivity contribution in [2.45, 2.75) is 43.6 Å². The number of methoxy groups -OCH3 is 1. The lowest BCUT2D eigenvalue weighted by Crippen LogP contribution is -2.50. The number of hydrogen-bond acceptors (Lipinski definition) is 6. The van der Waals surface area contributed by atoms with Gasteiger partial charge >= 0.3 is 0 Å². The van der Waals surface area contributed by atoms with E-state index in [0.717, 1.165) is 6.07 Å². The van der Waals surface area contributed by atoms with Gasteiger partial charge in [0.25, 0.3) is 5.91 Å². The molecule has 9 heteroatoms. The van der Waals surface area contributed by atoms with Gasteiger partial charge in [0.05, 0.1) is 25.5 Å². The zero-order chi connectivity index (χ0) is 20.9. The standard InChI is InChI=1S/C21H22F2N4O3/c1-29-16-11-24-20(25-12-16)26-6-4-21(5-7-26)19(28)27-17(2-3-18(27)30-21)13-8-14(22)10-15(23)9-13/h8-12,17-18H,2-7H2,1H3/t17-,18+/m0/s1. The average Bonchev–Trinajstić information content (AvgIpc) is 3.26. The zero-order valence-electron chi connectivity index (χ0n) is 16.6. The van der Waals surface area contributed by atoms with Gasteiger partial charge in [-0.1, -0.05) is 0 Å². The van der Waals surface area contributed by atoms with Crippen molar-refractivity contribution < 1.29 is 23.0 Å². The molecule has 1 aromatic carbocycles. The quantitative estimate of drug-likeness (QED) is 0.767. The van der Waals surface area contributed by atoms with Gasteiger partial charge < -0.3 is 19.3 Å². The Bertz CT molecular complexity index is 943. The first-order valence-electron chi connectivity index (χ1n) is 10.1. The van der Waals surface area contributed by atoms with Crippen molar-refractivity contribution in [3.05, 3.63) is 47.8 Å². The molecule has 3 fully saturated rings. The van der Waals surface area contributed by atoms with Crippen molar-refractivity contribution in [2.24, 2.45) is 0 Å². The Morgan fingerprint density at radius 2 is 1.77 bits per heavy atom. The number of halogens is 2. The molecule has 1 spiro atoms. The molecule has 0 N–H and O–H groups in total. The lowest BCUT2D eigenvalue weighted by molar-refractivity contribution is -0.140. The van der Waals surface area contributed by atoms with Gasteiger partial charge in [0.1, 0.15) is 17.9 Å². The average molecular weight is 416 g/mol. The number of carbonyl (C=O) groups is 1. The maximum atomic E-state index is 13.7. The predicted octanol–water partition coefficient (Wildman–Crippen LogP) is 2.82. The number of benzene rings is 1. The second kappa shape index (κ2) is 7.16. The van der Waals surface area contributed by atoms with Crippen molar-refractivity contribution >= 4 is 11.9 Å². The molecule has 3 aliphatic rings. The Morgan fingerprint density at radius 3 is 2.40 bits per heavy atom. The van der Waals surface area contributed by atoms with E-state index in [0.29, 0.717) is 56.0 Å². The minimum atomic E-state index is -0.891. The second-order valence-electron chi connectivity index (χ2n) is 7.99. The number of aromatic nitrogens is 2. The van der Waals surface area contributed by atoms with E-state index in [1.54, 1.807) is 24.4 Å². The predicted molar refractivity (Wildman–Crippen MR) is 103 cm³/mol. The Kier molecular flexibility index (Phi) is 4.57. The number of carbonyl (C=O) groups excluding carboxylic acids is 1. The third-order valence-corrected chi connectivity index (χ3v) is 6.29. The molecule has 3 saturated heterocycles. The summed E-state index contributed by atoms with van der Waals surface area (Å²) < 4.78 is 38.8. The molecule has 0 radical (unpaired) electrons. The largest absolute Gasteiger partial charge is 0.494 e. The molecule has 2 atom stereocenters. The first kappa shape index (κ1) is 19.2. The summed E-state index contributed by atoms with van der Waals surface area (Å²) in [5.41, 5.74) is -0.411. The third-order valence-electron chi connectivity index (χ3n) is 6.29. The first-order valence-corrected chi connectivity index (χ1v) is 10.1. The van der Waals surface area contributed by atoms with Crippen LogP contribution in [0.4, 0.5) is 14.7 Å². The molecule has 7 nitrogen and oxygen atoms in total. The number of hydrogen-bond donors (Lipinski definition) is 0. The van der Waals surface area contributed by atoms with Gasteiger partial charge in [-0.2, -0.15) is 0 Å². The van der Waals surface area contributed by atoms with Gasteiger partial charge in [0.15, 0.2) is 11.4 Å². The summed E-state index contributed by atoms with van der Waals surface area (Å²) in [4.78, 5) is 25.7. The molecule has 158 valence electrons. The van der Waals surface area contributed by atoms with E-state index in [-0.39, 0.29) is 18.2 Å². The van der Waals surface area contributed by atoms with Crippen molar-refractivity contribution in [1.29, 1.82) is 0 Å². The van der Waals surface area contributed by atoms with Crippen LogP contribution in [0.5, 0.6) is 5.75 Å². The number of anilines is 1. The van der Waals surface area contributed by atoms with Crippen LogP contribution in [-0.2, 0) is 9.53 Å². The minimum absolute atomic E-state index is 0.0880. The molecular formula is C21H22F2N4O3. The molecule has 30 heavy (non-hydrogen) atoms. The number of rotatable bonds is 3. The molecule has 0 aliphatic carbocycles. The van der Waals surface area contributed by atoms with Crippen molar-refractivity contribution in [3.63, 3.8) is 0 Å². The van der Waals surface area contributed by atoms with Gasteiger partial charge in [0.2, 0.25) is 5.95 Å². The van der Waals surface area contributed by atoms with Crippen LogP contribution < -0.4 is 9.64 Å². The normalized spacial score (nSPS) is 25.1. The molecule has 0 saturated carbocycles. The molecule has 2 aromatic rings. The highest BCUT2D eigenvalue weighted by Gasteiger charge is 2.58. The first-order chi connectivity index (χ1) is 14.5. The maximum absolute atomic E-state index is 13.7. The number of amides is 1. The lowest BCUT2D eigenvalue weighted by atomic mass is 9.89. The molecule has 1 aromatic heterocycles. The van der Waals surface area contributed by atoms with E-state index in [2.05, 4.69) is 9.97 Å². The van der Waals surface area contributed by atoms with Crippen molar-refractivity contribution in [3.8, 4) is 5.75 Å². The van der Waals surface area contributed by atoms with Crippen molar-refractivity contribution in [1.82, 2.24) is 14.9 Å². The SMILES string of the molecule is COc1cnc(N2CCC3(CC2)O[C@@H]2CC[C@@H](c4cc(F)cc(F)c4)N2C3=O)nc1. The second-order valence-corrected chi connectivity index (χ2v) is 7.99. The van der Waals surface area contributed by atoms with Gasteiger partial charge in [-0.15, -0.1) is 0 Å². The summed E-state index contributed by atoms with van der Waals surface area (Å²) in [5.74, 6) is -0.186.